The summed E-state index contributed by atoms with van der Waals surface area (Å²) in [5, 5.41) is 3.10. The van der Waals surface area contributed by atoms with E-state index >= 15 is 0 Å². The van der Waals surface area contributed by atoms with Crippen LogP contribution in [0.15, 0.2) is 0 Å². The van der Waals surface area contributed by atoms with E-state index in [0.29, 0.717) is 46.1 Å². The van der Waals surface area contributed by atoms with E-state index < -0.39 is 0 Å². The van der Waals surface area contributed by atoms with Gasteiger partial charge < -0.3 is 24.3 Å². The molecule has 1 unspecified atom stereocenters. The molecule has 0 aromatic rings. The number of ether oxygens (including phenoxy) is 4. The van der Waals surface area contributed by atoms with Crippen molar-refractivity contribution in [2.75, 3.05) is 53.3 Å². The molecule has 0 saturated carbocycles. The van der Waals surface area contributed by atoms with E-state index in [1.165, 1.54) is 0 Å². The van der Waals surface area contributed by atoms with Crippen LogP contribution in [0.4, 0.5) is 0 Å². The summed E-state index contributed by atoms with van der Waals surface area (Å²) in [7, 11) is 1.65. The first-order valence-electron chi connectivity index (χ1n) is 7.30. The fraction of sp³-hybridized carbons (Fsp3) is 0.929. The van der Waals surface area contributed by atoms with Crippen molar-refractivity contribution >= 4 is 5.97 Å². The highest BCUT2D eigenvalue weighted by Crippen LogP contribution is 1.98. The van der Waals surface area contributed by atoms with Crippen LogP contribution in [0, 0.1) is 0 Å². The predicted octanol–water partition coefficient (Wildman–Crippen LogP) is 0.987. The monoisotopic (exact) mass is 291 g/mol. The number of rotatable bonds is 14. The van der Waals surface area contributed by atoms with Gasteiger partial charge in [0.05, 0.1) is 19.8 Å². The number of esters is 1. The summed E-state index contributed by atoms with van der Waals surface area (Å²) in [6.45, 7) is 7.97. The standard InChI is InChI=1S/C14H29NO5/c1-4-15-13(14(16)20-5-2)7-10-18-8-6-9-19-12-11-17-3/h13,15H,4-12H2,1-3H3. The zero-order valence-electron chi connectivity index (χ0n) is 13.0. The fourth-order valence-corrected chi connectivity index (χ4v) is 1.60. The molecule has 120 valence electrons. The molecule has 0 saturated heterocycles. The average Bonchev–Trinajstić information content (AvgIpc) is 2.44. The number of hydrogen-bond donors (Lipinski definition) is 1. The van der Waals surface area contributed by atoms with Crippen LogP contribution in [0.25, 0.3) is 0 Å². The van der Waals surface area contributed by atoms with Crippen LogP contribution in [0.3, 0.4) is 0 Å². The third-order valence-electron chi connectivity index (χ3n) is 2.58. The van der Waals surface area contributed by atoms with Crippen LogP contribution in [-0.2, 0) is 23.7 Å². The highest BCUT2D eigenvalue weighted by Gasteiger charge is 2.17. The Morgan fingerprint density at radius 2 is 1.75 bits per heavy atom. The zero-order valence-corrected chi connectivity index (χ0v) is 13.0. The minimum absolute atomic E-state index is 0.208. The van der Waals surface area contributed by atoms with Crippen LogP contribution in [0.5, 0.6) is 0 Å². The summed E-state index contributed by atoms with van der Waals surface area (Å²) >= 11 is 0. The molecule has 0 bridgehead atoms. The molecule has 0 amide bonds. The molecule has 0 aromatic carbocycles. The number of likely N-dealkylation sites (N-methyl/N-ethyl adjacent to an activating group) is 1. The molecular formula is C14H29NO5. The van der Waals surface area contributed by atoms with Crippen molar-refractivity contribution in [1.82, 2.24) is 5.32 Å². The molecule has 1 atom stereocenters. The fourth-order valence-electron chi connectivity index (χ4n) is 1.60. The van der Waals surface area contributed by atoms with E-state index in [-0.39, 0.29) is 12.0 Å². The van der Waals surface area contributed by atoms with Gasteiger partial charge in [-0.1, -0.05) is 6.92 Å². The summed E-state index contributed by atoms with van der Waals surface area (Å²) in [5.41, 5.74) is 0. The van der Waals surface area contributed by atoms with Crippen molar-refractivity contribution in [1.29, 1.82) is 0 Å². The maximum Gasteiger partial charge on any atom is 0.323 e. The minimum atomic E-state index is -0.280. The molecule has 20 heavy (non-hydrogen) atoms. The van der Waals surface area contributed by atoms with Gasteiger partial charge in [-0.2, -0.15) is 0 Å². The molecule has 0 fully saturated rings. The van der Waals surface area contributed by atoms with Gasteiger partial charge >= 0.3 is 5.97 Å². The first kappa shape index (κ1) is 19.3. The van der Waals surface area contributed by atoms with E-state index in [4.69, 9.17) is 18.9 Å². The molecule has 6 nitrogen and oxygen atoms in total. The van der Waals surface area contributed by atoms with Crippen LogP contribution in [-0.4, -0.2) is 65.3 Å². The number of methoxy groups -OCH3 is 1. The summed E-state index contributed by atoms with van der Waals surface area (Å²) in [5.74, 6) is -0.208. The Kier molecular flexibility index (Phi) is 14.2. The Morgan fingerprint density at radius 3 is 2.35 bits per heavy atom. The highest BCUT2D eigenvalue weighted by atomic mass is 16.5. The minimum Gasteiger partial charge on any atom is -0.465 e. The van der Waals surface area contributed by atoms with E-state index in [9.17, 15) is 4.79 Å². The summed E-state index contributed by atoms with van der Waals surface area (Å²) < 4.78 is 20.7. The predicted molar refractivity (Wildman–Crippen MR) is 76.8 cm³/mol. The van der Waals surface area contributed by atoms with Crippen LogP contribution < -0.4 is 5.32 Å². The molecule has 0 spiro atoms. The van der Waals surface area contributed by atoms with E-state index in [1.807, 2.05) is 6.92 Å². The van der Waals surface area contributed by atoms with Gasteiger partial charge in [0.25, 0.3) is 0 Å². The normalized spacial score (nSPS) is 12.3. The maximum absolute atomic E-state index is 11.6. The second-order valence-corrected chi connectivity index (χ2v) is 4.22. The molecule has 0 heterocycles. The Labute approximate surface area is 122 Å². The van der Waals surface area contributed by atoms with Crippen LogP contribution in [0.2, 0.25) is 0 Å². The zero-order chi connectivity index (χ0) is 15.1. The second-order valence-electron chi connectivity index (χ2n) is 4.22. The van der Waals surface area contributed by atoms with Gasteiger partial charge in [0.15, 0.2) is 0 Å². The molecule has 0 radical (unpaired) electrons. The summed E-state index contributed by atoms with van der Waals surface area (Å²) in [6, 6.07) is -0.280. The molecule has 0 aromatic heterocycles. The van der Waals surface area contributed by atoms with Crippen molar-refractivity contribution in [3.05, 3.63) is 0 Å². The second kappa shape index (κ2) is 14.7. The molecule has 1 N–H and O–H groups in total. The van der Waals surface area contributed by atoms with Gasteiger partial charge in [-0.25, -0.2) is 0 Å². The molecular weight excluding hydrogens is 262 g/mol. The Balaban J connectivity index is 3.51. The lowest BCUT2D eigenvalue weighted by Gasteiger charge is -2.16. The smallest absolute Gasteiger partial charge is 0.323 e. The van der Waals surface area contributed by atoms with Crippen molar-refractivity contribution in [3.63, 3.8) is 0 Å². The van der Waals surface area contributed by atoms with Crippen LogP contribution in [0.1, 0.15) is 26.7 Å². The van der Waals surface area contributed by atoms with E-state index in [0.717, 1.165) is 13.0 Å². The van der Waals surface area contributed by atoms with Crippen molar-refractivity contribution in [3.8, 4) is 0 Å². The van der Waals surface area contributed by atoms with Gasteiger partial charge in [0.2, 0.25) is 0 Å². The van der Waals surface area contributed by atoms with Gasteiger partial charge in [-0.3, -0.25) is 4.79 Å². The molecule has 0 rings (SSSR count). The van der Waals surface area contributed by atoms with Crippen molar-refractivity contribution in [2.45, 2.75) is 32.7 Å². The van der Waals surface area contributed by atoms with Crippen LogP contribution >= 0.6 is 0 Å². The Morgan fingerprint density at radius 1 is 1.05 bits per heavy atom. The quantitative estimate of drug-likeness (QED) is 0.380. The molecule has 0 aliphatic carbocycles. The first-order chi connectivity index (χ1) is 9.76. The van der Waals surface area contributed by atoms with Crippen molar-refractivity contribution in [2.24, 2.45) is 0 Å². The molecule has 0 aliphatic rings. The maximum atomic E-state index is 11.6. The topological polar surface area (TPSA) is 66.0 Å². The third-order valence-corrected chi connectivity index (χ3v) is 2.58. The Hall–Kier alpha value is -0.690. The SMILES string of the molecule is CCNC(CCOCCCOCCOC)C(=O)OCC. The number of carbonyl (C=O) groups is 1. The summed E-state index contributed by atoms with van der Waals surface area (Å²) in [4.78, 5) is 11.6. The average molecular weight is 291 g/mol. The number of hydrogen-bond acceptors (Lipinski definition) is 6. The number of nitrogens with one attached hydrogen (secondary N) is 1. The molecule has 0 aliphatic heterocycles. The lowest BCUT2D eigenvalue weighted by atomic mass is 10.2. The van der Waals surface area contributed by atoms with Gasteiger partial charge in [0, 0.05) is 26.9 Å². The third kappa shape index (κ3) is 11.2. The summed E-state index contributed by atoms with van der Waals surface area (Å²) in [6.07, 6.45) is 1.46. The number of carbonyl (C=O) groups excluding carboxylic acids is 1. The highest BCUT2D eigenvalue weighted by molar-refractivity contribution is 5.75. The largest absolute Gasteiger partial charge is 0.465 e. The Bertz CT molecular complexity index is 226. The van der Waals surface area contributed by atoms with Crippen molar-refractivity contribution < 1.29 is 23.7 Å². The van der Waals surface area contributed by atoms with Gasteiger partial charge in [0.1, 0.15) is 6.04 Å². The first-order valence-corrected chi connectivity index (χ1v) is 7.30. The van der Waals surface area contributed by atoms with E-state index in [1.54, 1.807) is 14.0 Å². The molecule has 6 heteroatoms. The van der Waals surface area contributed by atoms with Gasteiger partial charge in [-0.15, -0.1) is 0 Å². The van der Waals surface area contributed by atoms with E-state index in [2.05, 4.69) is 5.32 Å². The lowest BCUT2D eigenvalue weighted by Crippen LogP contribution is -2.38. The van der Waals surface area contributed by atoms with Gasteiger partial charge in [-0.05, 0) is 26.3 Å². The lowest BCUT2D eigenvalue weighted by molar-refractivity contribution is -0.146.